The van der Waals surface area contributed by atoms with E-state index in [9.17, 15) is 13.2 Å². The van der Waals surface area contributed by atoms with Crippen LogP contribution in [0.15, 0.2) is 30.3 Å². The monoisotopic (exact) mass is 353 g/mol. The molecule has 0 atom stereocenters. The molecule has 134 valence electrons. The van der Waals surface area contributed by atoms with Gasteiger partial charge in [-0.05, 0) is 18.4 Å². The van der Waals surface area contributed by atoms with Gasteiger partial charge < -0.3 is 10.2 Å². The van der Waals surface area contributed by atoms with Crippen LogP contribution >= 0.6 is 0 Å². The van der Waals surface area contributed by atoms with Gasteiger partial charge in [0.05, 0.1) is 5.75 Å². The van der Waals surface area contributed by atoms with Crippen molar-refractivity contribution in [3.05, 3.63) is 35.9 Å². The lowest BCUT2D eigenvalue weighted by atomic mass is 10.2. The molecule has 1 fully saturated rings. The summed E-state index contributed by atoms with van der Waals surface area (Å²) in [6.07, 6.45) is 2.21. The normalized spacial score (nSPS) is 16.6. The Morgan fingerprint density at radius 3 is 2.58 bits per heavy atom. The number of hydrogen-bond donors (Lipinski definition) is 1. The van der Waals surface area contributed by atoms with Gasteiger partial charge in [0.2, 0.25) is 10.0 Å². The van der Waals surface area contributed by atoms with Crippen LogP contribution in [0.1, 0.15) is 31.7 Å². The Hall–Kier alpha value is -1.60. The smallest absolute Gasteiger partial charge is 0.317 e. The van der Waals surface area contributed by atoms with Gasteiger partial charge >= 0.3 is 6.03 Å². The molecule has 1 aliphatic rings. The van der Waals surface area contributed by atoms with E-state index in [-0.39, 0.29) is 11.8 Å². The van der Waals surface area contributed by atoms with Crippen LogP contribution in [-0.4, -0.2) is 55.6 Å². The maximum atomic E-state index is 12.3. The Morgan fingerprint density at radius 2 is 1.88 bits per heavy atom. The number of nitrogens with one attached hydrogen (secondary N) is 1. The molecule has 2 rings (SSSR count). The molecule has 7 heteroatoms. The standard InChI is InChI=1S/C17H27N3O3S/c1-2-3-14-24(22,23)20-11-7-10-19(12-13-20)17(21)18-15-16-8-5-4-6-9-16/h4-6,8-9H,2-3,7,10-15H2,1H3,(H,18,21). The zero-order chi connectivity index (χ0) is 17.4. The van der Waals surface area contributed by atoms with Crippen molar-refractivity contribution in [1.29, 1.82) is 0 Å². The highest BCUT2D eigenvalue weighted by Gasteiger charge is 2.26. The lowest BCUT2D eigenvalue weighted by Gasteiger charge is -2.22. The van der Waals surface area contributed by atoms with Crippen LogP contribution in [0.3, 0.4) is 0 Å². The first-order chi connectivity index (χ1) is 11.5. The fraction of sp³-hybridized carbons (Fsp3) is 0.588. The van der Waals surface area contributed by atoms with E-state index in [1.54, 1.807) is 4.90 Å². The van der Waals surface area contributed by atoms with Gasteiger partial charge in [-0.1, -0.05) is 43.7 Å². The molecule has 0 aromatic heterocycles. The van der Waals surface area contributed by atoms with Crippen LogP contribution in [0.5, 0.6) is 0 Å². The van der Waals surface area contributed by atoms with E-state index in [2.05, 4.69) is 5.32 Å². The van der Waals surface area contributed by atoms with E-state index in [4.69, 9.17) is 0 Å². The van der Waals surface area contributed by atoms with Crippen molar-refractivity contribution < 1.29 is 13.2 Å². The van der Waals surface area contributed by atoms with E-state index < -0.39 is 10.0 Å². The minimum atomic E-state index is -3.20. The molecular formula is C17H27N3O3S. The lowest BCUT2D eigenvalue weighted by molar-refractivity contribution is 0.200. The second-order valence-electron chi connectivity index (χ2n) is 6.05. The minimum absolute atomic E-state index is 0.133. The average molecular weight is 353 g/mol. The number of urea groups is 1. The first-order valence-corrected chi connectivity index (χ1v) is 10.2. The summed E-state index contributed by atoms with van der Waals surface area (Å²) in [5.74, 6) is 0.198. The van der Waals surface area contributed by atoms with Crippen molar-refractivity contribution in [2.45, 2.75) is 32.7 Å². The van der Waals surface area contributed by atoms with Crippen LogP contribution in [0.25, 0.3) is 0 Å². The molecule has 1 aromatic carbocycles. The summed E-state index contributed by atoms with van der Waals surface area (Å²) >= 11 is 0. The van der Waals surface area contributed by atoms with Gasteiger partial charge in [0.1, 0.15) is 0 Å². The summed E-state index contributed by atoms with van der Waals surface area (Å²) in [7, 11) is -3.20. The molecule has 0 bridgehead atoms. The second-order valence-corrected chi connectivity index (χ2v) is 8.14. The molecule has 6 nitrogen and oxygen atoms in total. The van der Waals surface area contributed by atoms with Gasteiger partial charge in [-0.3, -0.25) is 0 Å². The molecule has 1 saturated heterocycles. The van der Waals surface area contributed by atoms with Crippen molar-refractivity contribution in [3.63, 3.8) is 0 Å². The molecule has 2 amide bonds. The van der Waals surface area contributed by atoms with Crippen LogP contribution < -0.4 is 5.32 Å². The molecule has 0 aliphatic carbocycles. The number of nitrogens with zero attached hydrogens (tertiary/aromatic N) is 2. The van der Waals surface area contributed by atoms with Crippen molar-refractivity contribution in [2.75, 3.05) is 31.9 Å². The first-order valence-electron chi connectivity index (χ1n) is 8.57. The number of hydrogen-bond acceptors (Lipinski definition) is 3. The summed E-state index contributed by atoms with van der Waals surface area (Å²) in [5, 5.41) is 2.90. The second kappa shape index (κ2) is 9.03. The van der Waals surface area contributed by atoms with E-state index in [1.165, 1.54) is 4.31 Å². The number of benzene rings is 1. The molecule has 1 N–H and O–H groups in total. The molecule has 0 radical (unpaired) electrons. The van der Waals surface area contributed by atoms with Gasteiger partial charge in [-0.25, -0.2) is 17.5 Å². The molecule has 0 unspecified atom stereocenters. The van der Waals surface area contributed by atoms with Gasteiger partial charge in [0.15, 0.2) is 0 Å². The highest BCUT2D eigenvalue weighted by Crippen LogP contribution is 2.11. The fourth-order valence-electron chi connectivity index (χ4n) is 2.72. The summed E-state index contributed by atoms with van der Waals surface area (Å²) in [4.78, 5) is 14.0. The summed E-state index contributed by atoms with van der Waals surface area (Å²) < 4.78 is 26.1. The highest BCUT2D eigenvalue weighted by molar-refractivity contribution is 7.89. The van der Waals surface area contributed by atoms with Crippen molar-refractivity contribution in [1.82, 2.24) is 14.5 Å². The molecule has 1 aliphatic heterocycles. The Balaban J connectivity index is 1.85. The Kier molecular flexibility index (Phi) is 7.05. The van der Waals surface area contributed by atoms with Gasteiger partial charge in [-0.15, -0.1) is 0 Å². The number of amides is 2. The van der Waals surface area contributed by atoms with Crippen molar-refractivity contribution >= 4 is 16.1 Å². The largest absolute Gasteiger partial charge is 0.334 e. The molecule has 1 heterocycles. The van der Waals surface area contributed by atoms with Crippen molar-refractivity contribution in [3.8, 4) is 0 Å². The van der Waals surface area contributed by atoms with Crippen LogP contribution in [0.2, 0.25) is 0 Å². The van der Waals surface area contributed by atoms with Crippen LogP contribution in [0, 0.1) is 0 Å². The topological polar surface area (TPSA) is 69.7 Å². The van der Waals surface area contributed by atoms with Gasteiger partial charge in [0, 0.05) is 32.7 Å². The zero-order valence-electron chi connectivity index (χ0n) is 14.3. The van der Waals surface area contributed by atoms with Crippen LogP contribution in [0.4, 0.5) is 4.79 Å². The summed E-state index contributed by atoms with van der Waals surface area (Å²) in [6, 6.07) is 9.61. The number of sulfonamides is 1. The maximum absolute atomic E-state index is 12.3. The highest BCUT2D eigenvalue weighted by atomic mass is 32.2. The third-order valence-corrected chi connectivity index (χ3v) is 6.13. The van der Waals surface area contributed by atoms with Crippen LogP contribution in [-0.2, 0) is 16.6 Å². The fourth-order valence-corrected chi connectivity index (χ4v) is 4.39. The number of rotatable bonds is 6. The Labute approximate surface area is 144 Å². The molecule has 1 aromatic rings. The minimum Gasteiger partial charge on any atom is -0.334 e. The summed E-state index contributed by atoms with van der Waals surface area (Å²) in [6.45, 7) is 4.36. The van der Waals surface area contributed by atoms with E-state index in [1.807, 2.05) is 37.3 Å². The number of carbonyl (C=O) groups excluding carboxylic acids is 1. The predicted molar refractivity (Wildman–Crippen MR) is 95.1 cm³/mol. The molecule has 0 spiro atoms. The van der Waals surface area contributed by atoms with E-state index in [0.717, 1.165) is 12.0 Å². The van der Waals surface area contributed by atoms with Gasteiger partial charge in [0.25, 0.3) is 0 Å². The van der Waals surface area contributed by atoms with Gasteiger partial charge in [-0.2, -0.15) is 0 Å². The lowest BCUT2D eigenvalue weighted by Crippen LogP contribution is -2.42. The third-order valence-electron chi connectivity index (χ3n) is 4.18. The Bertz CT molecular complexity index is 619. The molecular weight excluding hydrogens is 326 g/mol. The average Bonchev–Trinajstić information content (AvgIpc) is 2.85. The maximum Gasteiger partial charge on any atom is 0.317 e. The predicted octanol–water partition coefficient (Wildman–Crippen LogP) is 2.03. The van der Waals surface area contributed by atoms with E-state index >= 15 is 0 Å². The zero-order valence-corrected chi connectivity index (χ0v) is 15.1. The molecule has 0 saturated carbocycles. The molecule has 24 heavy (non-hydrogen) atoms. The SMILES string of the molecule is CCCCS(=O)(=O)N1CCCN(C(=O)NCc2ccccc2)CC1. The summed E-state index contributed by atoms with van der Waals surface area (Å²) in [5.41, 5.74) is 1.05. The van der Waals surface area contributed by atoms with Crippen molar-refractivity contribution in [2.24, 2.45) is 0 Å². The van der Waals surface area contributed by atoms with E-state index in [0.29, 0.717) is 45.6 Å². The first kappa shape index (κ1) is 18.7. The quantitative estimate of drug-likeness (QED) is 0.851. The number of unbranched alkanes of at least 4 members (excludes halogenated alkanes) is 1. The third kappa shape index (κ3) is 5.49. The number of carbonyl (C=O) groups is 1. The Morgan fingerprint density at radius 1 is 1.12 bits per heavy atom.